The van der Waals surface area contributed by atoms with E-state index in [1.54, 1.807) is 0 Å². The van der Waals surface area contributed by atoms with E-state index in [4.69, 9.17) is 4.74 Å². The molecule has 104 valence electrons. The van der Waals surface area contributed by atoms with E-state index in [9.17, 15) is 4.79 Å². The standard InChI is InChI=1S/C16H28O2/c1-7-15(3,4)14(17)18-13-9-11-8-12(10(13)2)16(11,5)6/h10-13H,7-9H2,1-6H3/t10-,11+,12-,13-/m0/s1. The molecule has 0 aliphatic heterocycles. The van der Waals surface area contributed by atoms with Crippen molar-refractivity contribution in [2.75, 3.05) is 0 Å². The van der Waals surface area contributed by atoms with Crippen LogP contribution in [-0.2, 0) is 9.53 Å². The lowest BCUT2D eigenvalue weighted by atomic mass is 9.45. The number of hydrogen-bond donors (Lipinski definition) is 0. The summed E-state index contributed by atoms with van der Waals surface area (Å²) in [4.78, 5) is 12.2. The number of fused-ring (bicyclic) bond motifs is 2. The van der Waals surface area contributed by atoms with Gasteiger partial charge in [-0.15, -0.1) is 0 Å². The van der Waals surface area contributed by atoms with Crippen LogP contribution >= 0.6 is 0 Å². The lowest BCUT2D eigenvalue weighted by Gasteiger charge is -2.61. The normalized spacial score (nSPS) is 37.9. The zero-order valence-electron chi connectivity index (χ0n) is 12.7. The summed E-state index contributed by atoms with van der Waals surface area (Å²) in [7, 11) is 0. The molecular weight excluding hydrogens is 224 g/mol. The molecule has 3 aliphatic rings. The fourth-order valence-electron chi connectivity index (χ4n) is 3.70. The van der Waals surface area contributed by atoms with Crippen LogP contribution in [0.2, 0.25) is 0 Å². The largest absolute Gasteiger partial charge is 0.462 e. The molecule has 18 heavy (non-hydrogen) atoms. The minimum Gasteiger partial charge on any atom is -0.462 e. The molecule has 0 N–H and O–H groups in total. The second-order valence-corrected chi connectivity index (χ2v) is 7.64. The lowest BCUT2D eigenvalue weighted by molar-refractivity contribution is -0.193. The van der Waals surface area contributed by atoms with Crippen LogP contribution < -0.4 is 0 Å². The van der Waals surface area contributed by atoms with Crippen LogP contribution in [0.4, 0.5) is 0 Å². The van der Waals surface area contributed by atoms with E-state index in [0.29, 0.717) is 11.3 Å². The Morgan fingerprint density at radius 3 is 2.39 bits per heavy atom. The number of carbonyl (C=O) groups is 1. The first kappa shape index (κ1) is 13.9. The van der Waals surface area contributed by atoms with Gasteiger partial charge in [-0.3, -0.25) is 4.79 Å². The Bertz CT molecular complexity index is 343. The first-order valence-corrected chi connectivity index (χ1v) is 7.41. The Balaban J connectivity index is 1.99. The van der Waals surface area contributed by atoms with E-state index in [0.717, 1.165) is 24.7 Å². The van der Waals surface area contributed by atoms with Crippen LogP contribution in [0.15, 0.2) is 0 Å². The molecule has 4 atom stereocenters. The van der Waals surface area contributed by atoms with Gasteiger partial charge in [0, 0.05) is 0 Å². The molecule has 0 aromatic rings. The molecule has 0 spiro atoms. The van der Waals surface area contributed by atoms with Crippen LogP contribution in [0.3, 0.4) is 0 Å². The average molecular weight is 252 g/mol. The summed E-state index contributed by atoms with van der Waals surface area (Å²) in [5.41, 5.74) is 0.124. The number of rotatable bonds is 3. The Morgan fingerprint density at radius 1 is 1.33 bits per heavy atom. The van der Waals surface area contributed by atoms with E-state index in [1.165, 1.54) is 6.42 Å². The summed E-state index contributed by atoms with van der Waals surface area (Å²) in [5, 5.41) is 0. The van der Waals surface area contributed by atoms with Gasteiger partial charge in [0.15, 0.2) is 0 Å². The smallest absolute Gasteiger partial charge is 0.311 e. The Morgan fingerprint density at radius 2 is 1.94 bits per heavy atom. The Hall–Kier alpha value is -0.530. The minimum atomic E-state index is -0.336. The third-order valence-electron chi connectivity index (χ3n) is 5.98. The molecule has 0 heterocycles. The maximum atomic E-state index is 12.2. The fourth-order valence-corrected chi connectivity index (χ4v) is 3.70. The predicted octanol–water partition coefficient (Wildman–Crippen LogP) is 4.04. The third-order valence-corrected chi connectivity index (χ3v) is 5.98. The van der Waals surface area contributed by atoms with Crippen LogP contribution in [-0.4, -0.2) is 12.1 Å². The first-order chi connectivity index (χ1) is 8.20. The molecule has 3 aliphatic carbocycles. The monoisotopic (exact) mass is 252 g/mol. The summed E-state index contributed by atoms with van der Waals surface area (Å²) in [6, 6.07) is 0. The van der Waals surface area contributed by atoms with Gasteiger partial charge < -0.3 is 4.74 Å². The van der Waals surface area contributed by atoms with Gasteiger partial charge in [-0.1, -0.05) is 27.7 Å². The minimum absolute atomic E-state index is 0.0130. The Kier molecular flexibility index (Phi) is 3.28. The van der Waals surface area contributed by atoms with Gasteiger partial charge in [0.25, 0.3) is 0 Å². The van der Waals surface area contributed by atoms with Crippen molar-refractivity contribution in [3.63, 3.8) is 0 Å². The van der Waals surface area contributed by atoms with Crippen molar-refractivity contribution < 1.29 is 9.53 Å². The van der Waals surface area contributed by atoms with E-state index >= 15 is 0 Å². The molecule has 3 fully saturated rings. The maximum absolute atomic E-state index is 12.2. The quantitative estimate of drug-likeness (QED) is 0.709. The highest BCUT2D eigenvalue weighted by Gasteiger charge is 2.57. The van der Waals surface area contributed by atoms with E-state index < -0.39 is 0 Å². The lowest BCUT2D eigenvalue weighted by Crippen LogP contribution is -2.57. The summed E-state index contributed by atoms with van der Waals surface area (Å²) in [6.45, 7) is 13.0. The molecule has 0 amide bonds. The number of esters is 1. The second-order valence-electron chi connectivity index (χ2n) is 7.64. The van der Waals surface area contributed by atoms with Crippen LogP contribution in [0.1, 0.15) is 60.8 Å². The van der Waals surface area contributed by atoms with Crippen molar-refractivity contribution in [2.45, 2.75) is 66.9 Å². The molecule has 0 aromatic heterocycles. The Labute approximate surface area is 111 Å². The van der Waals surface area contributed by atoms with Crippen LogP contribution in [0, 0.1) is 28.6 Å². The van der Waals surface area contributed by atoms with Gasteiger partial charge in [0.05, 0.1) is 5.41 Å². The van der Waals surface area contributed by atoms with Gasteiger partial charge >= 0.3 is 5.97 Å². The molecule has 0 saturated heterocycles. The highest BCUT2D eigenvalue weighted by molar-refractivity contribution is 5.76. The predicted molar refractivity (Wildman–Crippen MR) is 73.1 cm³/mol. The highest BCUT2D eigenvalue weighted by atomic mass is 16.5. The molecule has 2 heteroatoms. The molecule has 0 radical (unpaired) electrons. The van der Waals surface area contributed by atoms with Gasteiger partial charge in [0.2, 0.25) is 0 Å². The molecule has 3 rings (SSSR count). The van der Waals surface area contributed by atoms with Crippen molar-refractivity contribution in [2.24, 2.45) is 28.6 Å². The van der Waals surface area contributed by atoms with Gasteiger partial charge in [-0.25, -0.2) is 0 Å². The number of hydrogen-bond acceptors (Lipinski definition) is 2. The van der Waals surface area contributed by atoms with Gasteiger partial charge in [0.1, 0.15) is 6.10 Å². The van der Waals surface area contributed by atoms with Gasteiger partial charge in [-0.05, 0) is 56.3 Å². The van der Waals surface area contributed by atoms with Crippen molar-refractivity contribution in [3.8, 4) is 0 Å². The van der Waals surface area contributed by atoms with Crippen molar-refractivity contribution in [3.05, 3.63) is 0 Å². The van der Waals surface area contributed by atoms with E-state index in [-0.39, 0.29) is 17.5 Å². The summed E-state index contributed by atoms with van der Waals surface area (Å²) >= 11 is 0. The zero-order chi connectivity index (χ0) is 13.7. The summed E-state index contributed by atoms with van der Waals surface area (Å²) in [6.07, 6.45) is 3.39. The topological polar surface area (TPSA) is 26.3 Å². The first-order valence-electron chi connectivity index (χ1n) is 7.41. The SMILES string of the molecule is CCC(C)(C)C(=O)O[C@H]1C[C@H]2C[C@@H]([C@@H]1C)C2(C)C. The second kappa shape index (κ2) is 4.25. The van der Waals surface area contributed by atoms with Crippen LogP contribution in [0.5, 0.6) is 0 Å². The summed E-state index contributed by atoms with van der Waals surface area (Å²) in [5.74, 6) is 1.99. The number of carbonyl (C=O) groups excluding carboxylic acids is 1. The average Bonchev–Trinajstić information content (AvgIpc) is 2.30. The maximum Gasteiger partial charge on any atom is 0.311 e. The molecule has 3 saturated carbocycles. The van der Waals surface area contributed by atoms with Crippen molar-refractivity contribution in [1.29, 1.82) is 0 Å². The zero-order valence-corrected chi connectivity index (χ0v) is 12.7. The third kappa shape index (κ3) is 1.98. The molecule has 2 nitrogen and oxygen atoms in total. The van der Waals surface area contributed by atoms with Crippen molar-refractivity contribution >= 4 is 5.97 Å². The molecule has 2 bridgehead atoms. The highest BCUT2D eigenvalue weighted by Crippen LogP contribution is 2.61. The fraction of sp³-hybridized carbons (Fsp3) is 0.938. The molecular formula is C16H28O2. The summed E-state index contributed by atoms with van der Waals surface area (Å²) < 4.78 is 5.81. The van der Waals surface area contributed by atoms with Crippen molar-refractivity contribution in [1.82, 2.24) is 0 Å². The van der Waals surface area contributed by atoms with Crippen LogP contribution in [0.25, 0.3) is 0 Å². The van der Waals surface area contributed by atoms with E-state index in [1.807, 2.05) is 20.8 Å². The molecule has 0 aromatic carbocycles. The number of ether oxygens (including phenoxy) is 1. The molecule has 0 unspecified atom stereocenters. The van der Waals surface area contributed by atoms with E-state index in [2.05, 4.69) is 20.8 Å². The van der Waals surface area contributed by atoms with Gasteiger partial charge in [-0.2, -0.15) is 0 Å².